The molecular formula is C8H6F3NO5S. The van der Waals surface area contributed by atoms with Crippen LogP contribution in [0, 0.1) is 0 Å². The fourth-order valence-electron chi connectivity index (χ4n) is 1.01. The van der Waals surface area contributed by atoms with E-state index >= 15 is 0 Å². The second kappa shape index (κ2) is 4.44. The maximum absolute atomic E-state index is 12.2. The quantitative estimate of drug-likeness (QED) is 0.731. The first kappa shape index (κ1) is 14.2. The van der Waals surface area contributed by atoms with Crippen molar-refractivity contribution in [2.24, 2.45) is 0 Å². The van der Waals surface area contributed by atoms with Crippen LogP contribution in [0.1, 0.15) is 10.4 Å². The highest BCUT2D eigenvalue weighted by Gasteiger charge is 2.48. The van der Waals surface area contributed by atoms with E-state index in [1.807, 2.05) is 0 Å². The summed E-state index contributed by atoms with van der Waals surface area (Å²) < 4.78 is 62.4. The third-order valence-electron chi connectivity index (χ3n) is 1.85. The average Bonchev–Trinajstić information content (AvgIpc) is 2.26. The van der Waals surface area contributed by atoms with Crippen molar-refractivity contribution in [1.29, 1.82) is 0 Å². The molecule has 0 aromatic carbocycles. The first-order chi connectivity index (χ1) is 8.11. The summed E-state index contributed by atoms with van der Waals surface area (Å²) in [5.41, 5.74) is -7.57. The molecule has 0 fully saturated rings. The molecule has 0 amide bonds. The van der Waals surface area contributed by atoms with E-state index in [4.69, 9.17) is 0 Å². The summed E-state index contributed by atoms with van der Waals surface area (Å²) in [6.07, 6.45) is 0.261. The number of carbonyl (C=O) groups is 1. The van der Waals surface area contributed by atoms with Crippen LogP contribution in [-0.4, -0.2) is 31.0 Å². The minimum Gasteiger partial charge on any atom is -0.465 e. The standard InChI is InChI=1S/C8H6F3NO5S/c1-17-7(14)5-2-3-6(13)12(4-5)18(15,16)8(9,10)11/h2-4H,1H3. The third kappa shape index (κ3) is 2.37. The number of carbonyl (C=O) groups excluding carboxylic acids is 1. The number of alkyl halides is 3. The van der Waals surface area contributed by atoms with Gasteiger partial charge in [0, 0.05) is 12.3 Å². The van der Waals surface area contributed by atoms with Crippen LogP contribution >= 0.6 is 0 Å². The molecule has 0 N–H and O–H groups in total. The predicted molar refractivity (Wildman–Crippen MR) is 52.4 cm³/mol. The van der Waals surface area contributed by atoms with Gasteiger partial charge in [-0.15, -0.1) is 0 Å². The van der Waals surface area contributed by atoms with Gasteiger partial charge < -0.3 is 4.74 Å². The lowest BCUT2D eigenvalue weighted by molar-refractivity contribution is -0.0447. The number of aromatic nitrogens is 1. The molecule has 10 heteroatoms. The van der Waals surface area contributed by atoms with Crippen molar-refractivity contribution >= 4 is 16.0 Å². The van der Waals surface area contributed by atoms with E-state index in [-0.39, 0.29) is 6.20 Å². The van der Waals surface area contributed by atoms with E-state index in [9.17, 15) is 31.2 Å². The molecule has 18 heavy (non-hydrogen) atoms. The Morgan fingerprint density at radius 3 is 2.33 bits per heavy atom. The van der Waals surface area contributed by atoms with Gasteiger partial charge in [-0.1, -0.05) is 0 Å². The second-order valence-electron chi connectivity index (χ2n) is 2.99. The maximum Gasteiger partial charge on any atom is 0.517 e. The Hall–Kier alpha value is -1.84. The molecule has 0 atom stereocenters. The van der Waals surface area contributed by atoms with Crippen LogP contribution in [0.15, 0.2) is 23.1 Å². The first-order valence-electron chi connectivity index (χ1n) is 4.24. The number of rotatable bonds is 2. The zero-order valence-electron chi connectivity index (χ0n) is 8.76. The van der Waals surface area contributed by atoms with Gasteiger partial charge in [0.05, 0.1) is 12.7 Å². The fraction of sp³-hybridized carbons (Fsp3) is 0.250. The highest BCUT2D eigenvalue weighted by atomic mass is 32.2. The molecule has 100 valence electrons. The Labute approximate surface area is 98.6 Å². The van der Waals surface area contributed by atoms with E-state index in [1.54, 1.807) is 0 Å². The highest BCUT2D eigenvalue weighted by Crippen LogP contribution is 2.24. The fourth-order valence-corrected chi connectivity index (χ4v) is 1.78. The molecule has 0 aliphatic carbocycles. The van der Waals surface area contributed by atoms with Crippen molar-refractivity contribution < 1.29 is 31.1 Å². The lowest BCUT2D eigenvalue weighted by Gasteiger charge is -2.10. The van der Waals surface area contributed by atoms with Gasteiger partial charge in [-0.3, -0.25) is 4.79 Å². The van der Waals surface area contributed by atoms with Gasteiger partial charge in [-0.2, -0.15) is 21.6 Å². The van der Waals surface area contributed by atoms with E-state index in [1.165, 1.54) is 0 Å². The Morgan fingerprint density at radius 2 is 1.89 bits per heavy atom. The number of halogens is 3. The number of hydrogen-bond donors (Lipinski definition) is 0. The minimum atomic E-state index is -5.87. The molecule has 0 spiro atoms. The van der Waals surface area contributed by atoms with Gasteiger partial charge in [-0.25, -0.2) is 8.77 Å². The van der Waals surface area contributed by atoms with E-state index in [2.05, 4.69) is 4.74 Å². The topological polar surface area (TPSA) is 82.4 Å². The summed E-state index contributed by atoms with van der Waals surface area (Å²) in [5.74, 6) is -1.07. The van der Waals surface area contributed by atoms with Gasteiger partial charge in [-0.05, 0) is 6.07 Å². The van der Waals surface area contributed by atoms with Crippen molar-refractivity contribution in [2.45, 2.75) is 5.51 Å². The Bertz CT molecular complexity index is 631. The molecule has 1 aromatic heterocycles. The molecule has 1 rings (SSSR count). The third-order valence-corrected chi connectivity index (χ3v) is 3.24. The largest absolute Gasteiger partial charge is 0.517 e. The lowest BCUT2D eigenvalue weighted by Crippen LogP contribution is -2.37. The molecule has 1 aromatic rings. The molecule has 0 unspecified atom stereocenters. The number of hydrogen-bond acceptors (Lipinski definition) is 5. The summed E-state index contributed by atoms with van der Waals surface area (Å²) in [4.78, 5) is 22.1. The molecule has 0 saturated heterocycles. The van der Waals surface area contributed by atoms with E-state index < -0.39 is 36.6 Å². The summed E-state index contributed by atoms with van der Waals surface area (Å²) in [6.45, 7) is 0. The zero-order chi connectivity index (χ0) is 14.1. The van der Waals surface area contributed by atoms with Gasteiger partial charge in [0.1, 0.15) is 0 Å². The van der Waals surface area contributed by atoms with Gasteiger partial charge in [0.15, 0.2) is 0 Å². The number of nitrogens with zero attached hydrogens (tertiary/aromatic N) is 1. The monoisotopic (exact) mass is 285 g/mol. The van der Waals surface area contributed by atoms with Gasteiger partial charge in [0.25, 0.3) is 5.56 Å². The second-order valence-corrected chi connectivity index (χ2v) is 4.80. The van der Waals surface area contributed by atoms with E-state index in [0.717, 1.165) is 13.2 Å². The van der Waals surface area contributed by atoms with Crippen molar-refractivity contribution in [1.82, 2.24) is 3.97 Å². The SMILES string of the molecule is COC(=O)c1ccc(=O)n(S(=O)(=O)C(F)(F)F)c1. The lowest BCUT2D eigenvalue weighted by atomic mass is 10.3. The first-order valence-corrected chi connectivity index (χ1v) is 5.68. The van der Waals surface area contributed by atoms with Crippen LogP contribution in [0.25, 0.3) is 0 Å². The Morgan fingerprint density at radius 1 is 1.33 bits per heavy atom. The van der Waals surface area contributed by atoms with Crippen molar-refractivity contribution in [3.05, 3.63) is 34.2 Å². The molecule has 6 nitrogen and oxygen atoms in total. The smallest absolute Gasteiger partial charge is 0.465 e. The Balaban J connectivity index is 3.52. The highest BCUT2D eigenvalue weighted by molar-refractivity contribution is 7.90. The van der Waals surface area contributed by atoms with Gasteiger partial charge in [0.2, 0.25) is 0 Å². The molecule has 0 aliphatic rings. The molecular weight excluding hydrogens is 279 g/mol. The number of ether oxygens (including phenoxy) is 1. The summed E-state index contributed by atoms with van der Waals surface area (Å²) >= 11 is 0. The van der Waals surface area contributed by atoms with Crippen LogP contribution in [0.2, 0.25) is 0 Å². The molecule has 0 saturated carbocycles. The molecule has 0 bridgehead atoms. The van der Waals surface area contributed by atoms with Crippen LogP contribution < -0.4 is 5.56 Å². The van der Waals surface area contributed by atoms with Crippen molar-refractivity contribution in [3.8, 4) is 0 Å². The number of pyridine rings is 1. The Kier molecular flexibility index (Phi) is 3.51. The van der Waals surface area contributed by atoms with Crippen LogP contribution in [0.4, 0.5) is 13.2 Å². The van der Waals surface area contributed by atoms with Crippen LogP contribution in [-0.2, 0) is 14.8 Å². The zero-order valence-corrected chi connectivity index (χ0v) is 9.58. The van der Waals surface area contributed by atoms with Crippen molar-refractivity contribution in [3.63, 3.8) is 0 Å². The molecule has 0 aliphatic heterocycles. The number of methoxy groups -OCH3 is 1. The summed E-state index contributed by atoms with van der Waals surface area (Å²) in [7, 11) is -4.92. The molecule has 1 heterocycles. The normalized spacial score (nSPS) is 12.2. The summed E-state index contributed by atoms with van der Waals surface area (Å²) in [5, 5.41) is 0. The van der Waals surface area contributed by atoms with Gasteiger partial charge >= 0.3 is 21.5 Å². The minimum absolute atomic E-state index is 0.261. The van der Waals surface area contributed by atoms with Crippen LogP contribution in [0.3, 0.4) is 0 Å². The van der Waals surface area contributed by atoms with Crippen LogP contribution in [0.5, 0.6) is 0 Å². The van der Waals surface area contributed by atoms with Crippen molar-refractivity contribution in [2.75, 3.05) is 7.11 Å². The molecule has 0 radical (unpaired) electrons. The predicted octanol–water partition coefficient (Wildman–Crippen LogP) is 0.333. The maximum atomic E-state index is 12.2. The average molecular weight is 285 g/mol. The number of esters is 1. The summed E-state index contributed by atoms with van der Waals surface area (Å²) in [6, 6.07) is 1.38. The van der Waals surface area contributed by atoms with E-state index in [0.29, 0.717) is 6.07 Å².